The zero-order valence-corrected chi connectivity index (χ0v) is 11.0. The monoisotopic (exact) mass is 303 g/mol. The molecule has 0 saturated carbocycles. The fourth-order valence-corrected chi connectivity index (χ4v) is 2.05. The van der Waals surface area contributed by atoms with Crippen molar-refractivity contribution >= 4 is 29.0 Å². The van der Waals surface area contributed by atoms with Crippen LogP contribution in [0, 0.1) is 23.3 Å². The van der Waals surface area contributed by atoms with Crippen LogP contribution in [-0.4, -0.2) is 11.2 Å². The molecule has 3 N–H and O–H groups in total. The first-order chi connectivity index (χ1) is 9.45. The molecule has 3 nitrogen and oxygen atoms in total. The zero-order chi connectivity index (χ0) is 14.9. The van der Waals surface area contributed by atoms with Gasteiger partial charge in [-0.15, -0.1) is 11.8 Å². The Morgan fingerprint density at radius 3 is 2.10 bits per heavy atom. The summed E-state index contributed by atoms with van der Waals surface area (Å²) in [5, 5.41) is 2.19. The average Bonchev–Trinajstić information content (AvgIpc) is 2.44. The minimum absolute atomic E-state index is 0.00713. The van der Waals surface area contributed by atoms with Crippen LogP contribution in [-0.2, 0) is 0 Å². The quantitative estimate of drug-likeness (QED) is 0.516. The zero-order valence-electron chi connectivity index (χ0n) is 10.2. The molecule has 0 unspecified atom stereocenters. The number of pyridine rings is 1. The van der Waals surface area contributed by atoms with Gasteiger partial charge in [-0.25, -0.2) is 22.5 Å². The highest BCUT2D eigenvalue weighted by molar-refractivity contribution is 7.98. The number of rotatable bonds is 3. The lowest BCUT2D eigenvalue weighted by Crippen LogP contribution is -2.06. The highest BCUT2D eigenvalue weighted by atomic mass is 32.2. The number of thioether (sulfide) groups is 1. The molecule has 0 spiro atoms. The predicted molar refractivity (Wildman–Crippen MR) is 70.0 cm³/mol. The van der Waals surface area contributed by atoms with Crippen LogP contribution < -0.4 is 11.1 Å². The smallest absolute Gasteiger partial charge is 0.186 e. The molecule has 2 aromatic rings. The first kappa shape index (κ1) is 14.4. The van der Waals surface area contributed by atoms with Crippen LogP contribution in [0.5, 0.6) is 0 Å². The van der Waals surface area contributed by atoms with Crippen molar-refractivity contribution in [2.24, 2.45) is 0 Å². The number of benzene rings is 1. The van der Waals surface area contributed by atoms with Gasteiger partial charge >= 0.3 is 0 Å². The van der Waals surface area contributed by atoms with Gasteiger partial charge in [0.1, 0.15) is 11.5 Å². The van der Waals surface area contributed by atoms with E-state index in [-0.39, 0.29) is 5.82 Å². The van der Waals surface area contributed by atoms with Crippen LogP contribution in [0.4, 0.5) is 34.8 Å². The fraction of sp³-hybridized carbons (Fsp3) is 0.0833. The number of nitrogens with zero attached hydrogens (tertiary/aromatic N) is 1. The van der Waals surface area contributed by atoms with Gasteiger partial charge in [0, 0.05) is 0 Å². The molecule has 8 heteroatoms. The van der Waals surface area contributed by atoms with Gasteiger partial charge in [-0.2, -0.15) is 0 Å². The third kappa shape index (κ3) is 2.51. The standard InChI is InChI=1S/C12H9F4N3S/c1-20-12-9(15)7(13)11(8(14)10(12)16)19-6-3-2-5(17)4-18-6/h2-4H,17H2,1H3,(H,18,19). The molecule has 1 heterocycles. The van der Waals surface area contributed by atoms with Gasteiger partial charge in [0.05, 0.1) is 16.8 Å². The third-order valence-corrected chi connectivity index (χ3v) is 3.23. The Morgan fingerprint density at radius 1 is 1.05 bits per heavy atom. The summed E-state index contributed by atoms with van der Waals surface area (Å²) >= 11 is 0.577. The minimum atomic E-state index is -1.51. The van der Waals surface area contributed by atoms with Crippen molar-refractivity contribution < 1.29 is 17.6 Å². The number of nitrogens with one attached hydrogen (secondary N) is 1. The molecule has 0 aliphatic rings. The molecule has 2 rings (SSSR count). The number of nitrogens with two attached hydrogens (primary N) is 1. The van der Waals surface area contributed by atoms with Gasteiger partial charge in [-0.3, -0.25) is 0 Å². The molecule has 0 aliphatic carbocycles. The van der Waals surface area contributed by atoms with E-state index in [1.165, 1.54) is 24.6 Å². The van der Waals surface area contributed by atoms with E-state index in [4.69, 9.17) is 5.73 Å². The van der Waals surface area contributed by atoms with Crippen LogP contribution in [0.3, 0.4) is 0 Å². The van der Waals surface area contributed by atoms with Crippen LogP contribution in [0.25, 0.3) is 0 Å². The topological polar surface area (TPSA) is 50.9 Å². The number of anilines is 3. The van der Waals surface area contributed by atoms with Crippen molar-refractivity contribution in [3.8, 4) is 0 Å². The molecule has 0 bridgehead atoms. The largest absolute Gasteiger partial charge is 0.397 e. The molecule has 20 heavy (non-hydrogen) atoms. The summed E-state index contributed by atoms with van der Waals surface area (Å²) in [6.45, 7) is 0. The van der Waals surface area contributed by atoms with E-state index in [1.54, 1.807) is 0 Å². The molecule has 1 aromatic heterocycles. The second kappa shape index (κ2) is 5.58. The molecule has 1 aromatic carbocycles. The molecule has 0 atom stereocenters. The van der Waals surface area contributed by atoms with Gasteiger partial charge in [0.2, 0.25) is 0 Å². The number of nitrogen functional groups attached to an aromatic ring is 1. The molecular weight excluding hydrogens is 294 g/mol. The second-order valence-electron chi connectivity index (χ2n) is 3.77. The molecular formula is C12H9F4N3S. The van der Waals surface area contributed by atoms with Crippen molar-refractivity contribution in [1.29, 1.82) is 0 Å². The summed E-state index contributed by atoms with van der Waals surface area (Å²) < 4.78 is 54.7. The lowest BCUT2D eigenvalue weighted by atomic mass is 10.2. The number of hydrogen-bond donors (Lipinski definition) is 2. The van der Waals surface area contributed by atoms with E-state index in [2.05, 4.69) is 10.3 Å². The van der Waals surface area contributed by atoms with E-state index in [0.29, 0.717) is 17.4 Å². The van der Waals surface area contributed by atoms with Crippen molar-refractivity contribution in [3.63, 3.8) is 0 Å². The van der Waals surface area contributed by atoms with E-state index in [9.17, 15) is 17.6 Å². The molecule has 0 fully saturated rings. The van der Waals surface area contributed by atoms with Gasteiger partial charge in [-0.1, -0.05) is 0 Å². The first-order valence-electron chi connectivity index (χ1n) is 5.34. The van der Waals surface area contributed by atoms with Gasteiger partial charge < -0.3 is 11.1 Å². The van der Waals surface area contributed by atoms with Crippen molar-refractivity contribution in [1.82, 2.24) is 4.98 Å². The first-order valence-corrected chi connectivity index (χ1v) is 6.56. The summed E-state index contributed by atoms with van der Waals surface area (Å²) in [7, 11) is 0. The fourth-order valence-electron chi connectivity index (χ4n) is 1.51. The van der Waals surface area contributed by atoms with Gasteiger partial charge in [-0.05, 0) is 18.4 Å². The number of hydrogen-bond acceptors (Lipinski definition) is 4. The van der Waals surface area contributed by atoms with E-state index in [0.717, 1.165) is 0 Å². The van der Waals surface area contributed by atoms with Gasteiger partial charge in [0.15, 0.2) is 23.3 Å². The summed E-state index contributed by atoms with van der Waals surface area (Å²) in [4.78, 5) is 3.03. The highest BCUT2D eigenvalue weighted by Crippen LogP contribution is 2.34. The maximum atomic E-state index is 13.7. The van der Waals surface area contributed by atoms with Crippen LogP contribution >= 0.6 is 11.8 Å². The lowest BCUT2D eigenvalue weighted by Gasteiger charge is -2.12. The Balaban J connectivity index is 2.49. The van der Waals surface area contributed by atoms with Gasteiger partial charge in [0.25, 0.3) is 0 Å². The molecule has 0 amide bonds. The Hall–Kier alpha value is -1.96. The normalized spacial score (nSPS) is 10.7. The molecule has 0 aliphatic heterocycles. The van der Waals surface area contributed by atoms with Crippen LogP contribution in [0.1, 0.15) is 0 Å². The Labute approximate surface area is 116 Å². The van der Waals surface area contributed by atoms with E-state index < -0.39 is 33.9 Å². The summed E-state index contributed by atoms with van der Waals surface area (Å²) in [6, 6.07) is 2.75. The maximum Gasteiger partial charge on any atom is 0.186 e. The SMILES string of the molecule is CSc1c(F)c(F)c(Nc2ccc(N)cn2)c(F)c1F. The molecule has 0 radical (unpaired) electrons. The van der Waals surface area contributed by atoms with Crippen molar-refractivity contribution in [3.05, 3.63) is 41.6 Å². The summed E-state index contributed by atoms with van der Waals surface area (Å²) in [5.74, 6) is -5.91. The Morgan fingerprint density at radius 2 is 1.65 bits per heavy atom. The van der Waals surface area contributed by atoms with E-state index in [1.807, 2.05) is 0 Å². The maximum absolute atomic E-state index is 13.7. The molecule has 0 saturated heterocycles. The number of aromatic nitrogens is 1. The van der Waals surface area contributed by atoms with Crippen LogP contribution in [0.15, 0.2) is 23.2 Å². The van der Waals surface area contributed by atoms with Crippen LogP contribution in [0.2, 0.25) is 0 Å². The minimum Gasteiger partial charge on any atom is -0.397 e. The third-order valence-electron chi connectivity index (χ3n) is 2.47. The van der Waals surface area contributed by atoms with Crippen molar-refractivity contribution in [2.45, 2.75) is 4.90 Å². The predicted octanol–water partition coefficient (Wildman–Crippen LogP) is 3.69. The van der Waals surface area contributed by atoms with E-state index >= 15 is 0 Å². The summed E-state index contributed by atoms with van der Waals surface area (Å²) in [6.07, 6.45) is 2.55. The summed E-state index contributed by atoms with van der Waals surface area (Å²) in [5.41, 5.74) is 4.81. The average molecular weight is 303 g/mol. The molecule has 106 valence electrons. The lowest BCUT2D eigenvalue weighted by molar-refractivity contribution is 0.431. The number of halogens is 4. The Kier molecular flexibility index (Phi) is 4.03. The second-order valence-corrected chi connectivity index (χ2v) is 4.58. The highest BCUT2D eigenvalue weighted by Gasteiger charge is 2.25. The Bertz CT molecular complexity index is 617. The van der Waals surface area contributed by atoms with Crippen molar-refractivity contribution in [2.75, 3.05) is 17.3 Å².